The molecule has 0 saturated heterocycles. The van der Waals surface area contributed by atoms with Gasteiger partial charge in [0.05, 0.1) is 0 Å². The first-order chi connectivity index (χ1) is 11.2. The largest absolute Gasteiger partial charge is 0.325 e. The normalized spacial score (nSPS) is 11.0. The predicted molar refractivity (Wildman–Crippen MR) is 101 cm³/mol. The topological polar surface area (TPSA) is 49.4 Å². The number of nitrogens with zero attached hydrogens (tertiary/aromatic N) is 1. The van der Waals surface area contributed by atoms with Gasteiger partial charge in [0.1, 0.15) is 5.41 Å². The Bertz CT molecular complexity index is 757. The third kappa shape index (κ3) is 3.85. The number of carbonyl (C=O) groups is 2. The lowest BCUT2D eigenvalue weighted by Gasteiger charge is -2.28. The standard InChI is InChI=1S/C19H21BrN2O2/c1-13-12-14(10-11-16(13)20)21-17(23)19(2,3)18(24)22(4)15-8-6-5-7-9-15/h5-12H,1-4H3,(H,21,23). The van der Waals surface area contributed by atoms with Crippen molar-refractivity contribution >= 4 is 39.1 Å². The Morgan fingerprint density at radius 2 is 1.71 bits per heavy atom. The Morgan fingerprint density at radius 1 is 1.08 bits per heavy atom. The van der Waals surface area contributed by atoms with Gasteiger partial charge in [0.2, 0.25) is 11.8 Å². The minimum absolute atomic E-state index is 0.264. The number of benzene rings is 2. The van der Waals surface area contributed by atoms with Crippen LogP contribution in [0.4, 0.5) is 11.4 Å². The molecule has 2 aromatic rings. The SMILES string of the molecule is Cc1cc(NC(=O)C(C)(C)C(=O)N(C)c2ccccc2)ccc1Br. The van der Waals surface area contributed by atoms with Crippen molar-refractivity contribution in [3.8, 4) is 0 Å². The van der Waals surface area contributed by atoms with E-state index in [-0.39, 0.29) is 11.8 Å². The third-order valence-corrected chi connectivity index (χ3v) is 4.86. The van der Waals surface area contributed by atoms with Crippen LogP contribution >= 0.6 is 15.9 Å². The van der Waals surface area contributed by atoms with Crippen LogP contribution in [0.5, 0.6) is 0 Å². The van der Waals surface area contributed by atoms with Crippen LogP contribution in [0.15, 0.2) is 53.0 Å². The van der Waals surface area contributed by atoms with Gasteiger partial charge in [0.25, 0.3) is 0 Å². The van der Waals surface area contributed by atoms with Gasteiger partial charge >= 0.3 is 0 Å². The van der Waals surface area contributed by atoms with E-state index in [0.717, 1.165) is 15.7 Å². The zero-order valence-electron chi connectivity index (χ0n) is 14.3. The monoisotopic (exact) mass is 388 g/mol. The first-order valence-corrected chi connectivity index (χ1v) is 8.43. The average Bonchev–Trinajstić information content (AvgIpc) is 2.57. The second kappa shape index (κ2) is 7.18. The fourth-order valence-electron chi connectivity index (χ4n) is 2.30. The van der Waals surface area contributed by atoms with E-state index in [9.17, 15) is 9.59 Å². The van der Waals surface area contributed by atoms with Gasteiger partial charge in [-0.25, -0.2) is 0 Å². The van der Waals surface area contributed by atoms with E-state index < -0.39 is 5.41 Å². The number of nitrogens with one attached hydrogen (secondary N) is 1. The Labute approximate surface area is 151 Å². The van der Waals surface area contributed by atoms with E-state index in [4.69, 9.17) is 0 Å². The molecule has 2 aromatic carbocycles. The van der Waals surface area contributed by atoms with Crippen LogP contribution in [-0.2, 0) is 9.59 Å². The maximum absolute atomic E-state index is 12.8. The number of rotatable bonds is 4. The highest BCUT2D eigenvalue weighted by molar-refractivity contribution is 9.10. The molecular formula is C19H21BrN2O2. The lowest BCUT2D eigenvalue weighted by molar-refractivity contribution is -0.136. The van der Waals surface area contributed by atoms with Gasteiger partial charge in [0.15, 0.2) is 0 Å². The van der Waals surface area contributed by atoms with Crippen LogP contribution in [0.25, 0.3) is 0 Å². The summed E-state index contributed by atoms with van der Waals surface area (Å²) in [5, 5.41) is 2.83. The van der Waals surface area contributed by atoms with Crippen molar-refractivity contribution in [2.24, 2.45) is 5.41 Å². The van der Waals surface area contributed by atoms with Gasteiger partial charge in [-0.3, -0.25) is 9.59 Å². The zero-order valence-corrected chi connectivity index (χ0v) is 15.8. The van der Waals surface area contributed by atoms with E-state index in [1.807, 2.05) is 49.4 Å². The van der Waals surface area contributed by atoms with Crippen LogP contribution in [0, 0.1) is 12.3 Å². The number of halogens is 1. The van der Waals surface area contributed by atoms with E-state index in [1.54, 1.807) is 27.0 Å². The highest BCUT2D eigenvalue weighted by atomic mass is 79.9. The summed E-state index contributed by atoms with van der Waals surface area (Å²) in [4.78, 5) is 26.9. The molecule has 0 fully saturated rings. The minimum atomic E-state index is -1.19. The number of amides is 2. The highest BCUT2D eigenvalue weighted by Gasteiger charge is 2.38. The van der Waals surface area contributed by atoms with E-state index in [1.165, 1.54) is 4.90 Å². The van der Waals surface area contributed by atoms with Crippen molar-refractivity contribution in [2.45, 2.75) is 20.8 Å². The van der Waals surface area contributed by atoms with Crippen LogP contribution in [0.3, 0.4) is 0 Å². The molecule has 0 spiro atoms. The fourth-order valence-corrected chi connectivity index (χ4v) is 2.54. The molecule has 0 aromatic heterocycles. The second-order valence-corrected chi connectivity index (χ2v) is 7.10. The number of carbonyl (C=O) groups excluding carboxylic acids is 2. The van der Waals surface area contributed by atoms with Gasteiger partial charge in [-0.2, -0.15) is 0 Å². The molecule has 0 heterocycles. The van der Waals surface area contributed by atoms with E-state index in [2.05, 4.69) is 21.2 Å². The lowest BCUT2D eigenvalue weighted by atomic mass is 9.90. The first-order valence-electron chi connectivity index (χ1n) is 7.64. The average molecular weight is 389 g/mol. The molecule has 0 unspecified atom stereocenters. The van der Waals surface area contributed by atoms with E-state index >= 15 is 0 Å². The van der Waals surface area contributed by atoms with Crippen LogP contribution in [-0.4, -0.2) is 18.9 Å². The van der Waals surface area contributed by atoms with Gasteiger partial charge in [0, 0.05) is 22.9 Å². The van der Waals surface area contributed by atoms with Gasteiger partial charge in [-0.1, -0.05) is 34.1 Å². The predicted octanol–water partition coefficient (Wildman–Crippen LogP) is 4.39. The quantitative estimate of drug-likeness (QED) is 0.789. The minimum Gasteiger partial charge on any atom is -0.325 e. The molecule has 1 N–H and O–H groups in total. The molecule has 0 radical (unpaired) electrons. The molecule has 0 saturated carbocycles. The Balaban J connectivity index is 2.17. The summed E-state index contributed by atoms with van der Waals surface area (Å²) in [6, 6.07) is 14.8. The molecule has 4 nitrogen and oxygen atoms in total. The summed E-state index contributed by atoms with van der Waals surface area (Å²) in [5.74, 6) is -0.600. The number of hydrogen-bond acceptors (Lipinski definition) is 2. The summed E-state index contributed by atoms with van der Waals surface area (Å²) >= 11 is 3.43. The third-order valence-electron chi connectivity index (χ3n) is 3.97. The van der Waals surface area contributed by atoms with Gasteiger partial charge in [-0.15, -0.1) is 0 Å². The van der Waals surface area contributed by atoms with Crippen molar-refractivity contribution in [3.63, 3.8) is 0 Å². The molecule has 126 valence electrons. The number of aryl methyl sites for hydroxylation is 1. The number of para-hydroxylation sites is 1. The van der Waals surface area contributed by atoms with Crippen molar-refractivity contribution in [2.75, 3.05) is 17.3 Å². The Morgan fingerprint density at radius 3 is 2.29 bits per heavy atom. The molecule has 0 aliphatic carbocycles. The second-order valence-electron chi connectivity index (χ2n) is 6.24. The van der Waals surface area contributed by atoms with Gasteiger partial charge in [-0.05, 0) is 56.7 Å². The number of hydrogen-bond donors (Lipinski definition) is 1. The van der Waals surface area contributed by atoms with Crippen LogP contribution in [0.2, 0.25) is 0 Å². The smallest absolute Gasteiger partial charge is 0.241 e. The fraction of sp³-hybridized carbons (Fsp3) is 0.263. The lowest BCUT2D eigenvalue weighted by Crippen LogP contribution is -2.46. The maximum atomic E-state index is 12.8. The molecular weight excluding hydrogens is 368 g/mol. The molecule has 2 amide bonds. The molecule has 0 bridgehead atoms. The Hall–Kier alpha value is -2.14. The molecule has 2 rings (SSSR count). The number of anilines is 2. The zero-order chi connectivity index (χ0) is 17.9. The molecule has 24 heavy (non-hydrogen) atoms. The van der Waals surface area contributed by atoms with Crippen LogP contribution in [0.1, 0.15) is 19.4 Å². The van der Waals surface area contributed by atoms with Crippen LogP contribution < -0.4 is 10.2 Å². The van der Waals surface area contributed by atoms with E-state index in [0.29, 0.717) is 5.69 Å². The maximum Gasteiger partial charge on any atom is 0.241 e. The molecule has 0 atom stereocenters. The van der Waals surface area contributed by atoms with Crippen molar-refractivity contribution in [3.05, 3.63) is 58.6 Å². The molecule has 0 aliphatic heterocycles. The summed E-state index contributed by atoms with van der Waals surface area (Å²) in [7, 11) is 1.68. The first kappa shape index (κ1) is 18.2. The molecule has 5 heteroatoms. The summed E-state index contributed by atoms with van der Waals surface area (Å²) in [5.41, 5.74) is 1.25. The summed E-state index contributed by atoms with van der Waals surface area (Å²) in [6.07, 6.45) is 0. The molecule has 0 aliphatic rings. The summed E-state index contributed by atoms with van der Waals surface area (Å²) in [6.45, 7) is 5.21. The highest BCUT2D eigenvalue weighted by Crippen LogP contribution is 2.26. The van der Waals surface area contributed by atoms with Crippen molar-refractivity contribution in [1.29, 1.82) is 0 Å². The van der Waals surface area contributed by atoms with Crippen molar-refractivity contribution in [1.82, 2.24) is 0 Å². The Kier molecular flexibility index (Phi) is 5.44. The van der Waals surface area contributed by atoms with Gasteiger partial charge < -0.3 is 10.2 Å². The summed E-state index contributed by atoms with van der Waals surface area (Å²) < 4.78 is 0.972. The van der Waals surface area contributed by atoms with Crippen molar-refractivity contribution < 1.29 is 9.59 Å².